The molecule has 3 heteroatoms. The van der Waals surface area contributed by atoms with E-state index >= 15 is 0 Å². The van der Waals surface area contributed by atoms with Gasteiger partial charge in [-0.15, -0.1) is 11.3 Å². The summed E-state index contributed by atoms with van der Waals surface area (Å²) < 4.78 is 1.35. The van der Waals surface area contributed by atoms with Gasteiger partial charge in [-0.2, -0.15) is 0 Å². The van der Waals surface area contributed by atoms with Gasteiger partial charge in [0.2, 0.25) is 0 Å². The van der Waals surface area contributed by atoms with Crippen LogP contribution in [0.25, 0.3) is 10.1 Å². The van der Waals surface area contributed by atoms with Crippen LogP contribution in [0.5, 0.6) is 0 Å². The Kier molecular flexibility index (Phi) is 3.43. The van der Waals surface area contributed by atoms with Gasteiger partial charge in [0.05, 0.1) is 4.83 Å². The second-order valence-corrected chi connectivity index (χ2v) is 6.43. The van der Waals surface area contributed by atoms with Crippen LogP contribution in [0.15, 0.2) is 54.9 Å². The number of halogens is 1. The van der Waals surface area contributed by atoms with Crippen LogP contribution in [0.4, 0.5) is 0 Å². The summed E-state index contributed by atoms with van der Waals surface area (Å²) >= 11 is 5.65. The molecule has 0 fully saturated rings. The van der Waals surface area contributed by atoms with E-state index in [-0.39, 0.29) is 0 Å². The second kappa shape index (κ2) is 5.21. The molecule has 90 valence electrons. The number of fused-ring (bicyclic) bond motifs is 1. The Morgan fingerprint density at radius 1 is 1.11 bits per heavy atom. The van der Waals surface area contributed by atoms with Crippen molar-refractivity contribution in [1.82, 2.24) is 4.98 Å². The molecule has 1 unspecified atom stereocenters. The zero-order chi connectivity index (χ0) is 12.4. The van der Waals surface area contributed by atoms with E-state index in [4.69, 9.17) is 0 Å². The molecule has 0 aliphatic heterocycles. The van der Waals surface area contributed by atoms with Gasteiger partial charge in [-0.25, -0.2) is 0 Å². The highest BCUT2D eigenvalue weighted by molar-refractivity contribution is 9.09. The average Bonchev–Trinajstić information content (AvgIpc) is 2.84. The van der Waals surface area contributed by atoms with E-state index in [1.807, 2.05) is 23.7 Å². The Bertz CT molecular complexity index is 615. The van der Waals surface area contributed by atoms with Crippen molar-refractivity contribution in [3.05, 3.63) is 65.3 Å². The maximum absolute atomic E-state index is 4.05. The number of hydrogen-bond acceptors (Lipinski definition) is 2. The van der Waals surface area contributed by atoms with Crippen LogP contribution >= 0.6 is 27.3 Å². The molecule has 3 rings (SSSR count). The first-order valence-electron chi connectivity index (χ1n) is 5.84. The van der Waals surface area contributed by atoms with Crippen molar-refractivity contribution in [1.29, 1.82) is 0 Å². The minimum atomic E-state index is 0.373. The van der Waals surface area contributed by atoms with E-state index in [2.05, 4.69) is 63.4 Å². The van der Waals surface area contributed by atoms with Gasteiger partial charge in [-0.1, -0.05) is 34.1 Å². The first kappa shape index (κ1) is 11.9. The topological polar surface area (TPSA) is 12.9 Å². The number of benzene rings is 1. The molecular formula is C15H12BrNS. The molecule has 0 radical (unpaired) electrons. The number of alkyl halides is 1. The lowest BCUT2D eigenvalue weighted by molar-refractivity contribution is 0.965. The predicted octanol–water partition coefficient (Wildman–Crippen LogP) is 4.98. The van der Waals surface area contributed by atoms with Gasteiger partial charge in [-0.05, 0) is 41.6 Å². The van der Waals surface area contributed by atoms with Crippen LogP contribution in [0.1, 0.15) is 15.3 Å². The third kappa shape index (κ3) is 2.47. The monoisotopic (exact) mass is 317 g/mol. The van der Waals surface area contributed by atoms with E-state index in [9.17, 15) is 0 Å². The molecule has 1 aromatic carbocycles. The van der Waals surface area contributed by atoms with Crippen molar-refractivity contribution < 1.29 is 0 Å². The summed E-state index contributed by atoms with van der Waals surface area (Å²) in [5.74, 6) is 0. The molecule has 1 atom stereocenters. The standard InChI is InChI=1S/C15H12BrNS/c16-13(9-11-5-7-17-8-6-11)15-10-12-3-1-2-4-14(12)18-15/h1-8,10,13H,9H2. The molecule has 2 aromatic heterocycles. The van der Waals surface area contributed by atoms with Gasteiger partial charge in [-0.3, -0.25) is 4.98 Å². The Morgan fingerprint density at radius 2 is 1.89 bits per heavy atom. The van der Waals surface area contributed by atoms with E-state index in [0.29, 0.717) is 4.83 Å². The smallest absolute Gasteiger partial charge is 0.0529 e. The maximum atomic E-state index is 4.05. The fourth-order valence-electron chi connectivity index (χ4n) is 1.98. The van der Waals surface area contributed by atoms with E-state index < -0.39 is 0 Å². The third-order valence-electron chi connectivity index (χ3n) is 2.92. The van der Waals surface area contributed by atoms with Crippen molar-refractivity contribution in [2.24, 2.45) is 0 Å². The molecule has 1 nitrogen and oxygen atoms in total. The summed E-state index contributed by atoms with van der Waals surface area (Å²) in [6.45, 7) is 0. The Balaban J connectivity index is 1.86. The normalized spacial score (nSPS) is 12.7. The number of rotatable bonds is 3. The molecule has 18 heavy (non-hydrogen) atoms. The molecule has 0 spiro atoms. The second-order valence-electron chi connectivity index (χ2n) is 4.21. The number of nitrogens with zero attached hydrogens (tertiary/aromatic N) is 1. The number of pyridine rings is 1. The van der Waals surface area contributed by atoms with Crippen molar-refractivity contribution in [2.75, 3.05) is 0 Å². The van der Waals surface area contributed by atoms with Gasteiger partial charge in [0.25, 0.3) is 0 Å². The Labute approximate surface area is 119 Å². The predicted molar refractivity (Wildman–Crippen MR) is 81.4 cm³/mol. The molecule has 0 saturated heterocycles. The molecule has 0 bridgehead atoms. The van der Waals surface area contributed by atoms with E-state index in [1.165, 1.54) is 20.5 Å². The minimum absolute atomic E-state index is 0.373. The number of aromatic nitrogens is 1. The Morgan fingerprint density at radius 3 is 2.67 bits per heavy atom. The van der Waals surface area contributed by atoms with Crippen LogP contribution in [-0.4, -0.2) is 4.98 Å². The van der Waals surface area contributed by atoms with Crippen molar-refractivity contribution in [3.8, 4) is 0 Å². The zero-order valence-corrected chi connectivity index (χ0v) is 12.1. The van der Waals surface area contributed by atoms with Gasteiger partial charge in [0.15, 0.2) is 0 Å². The van der Waals surface area contributed by atoms with Crippen LogP contribution in [0, 0.1) is 0 Å². The summed E-state index contributed by atoms with van der Waals surface area (Å²) in [6, 6.07) is 14.9. The fraction of sp³-hybridized carbons (Fsp3) is 0.133. The average molecular weight is 318 g/mol. The summed E-state index contributed by atoms with van der Waals surface area (Å²) in [6.07, 6.45) is 4.69. The lowest BCUT2D eigenvalue weighted by Gasteiger charge is -2.06. The van der Waals surface area contributed by atoms with Crippen LogP contribution in [0.3, 0.4) is 0 Å². The molecule has 2 heterocycles. The van der Waals surface area contributed by atoms with Gasteiger partial charge in [0, 0.05) is 22.0 Å². The quantitative estimate of drug-likeness (QED) is 0.621. The maximum Gasteiger partial charge on any atom is 0.0529 e. The van der Waals surface area contributed by atoms with E-state index in [0.717, 1.165) is 6.42 Å². The van der Waals surface area contributed by atoms with Gasteiger partial charge >= 0.3 is 0 Å². The van der Waals surface area contributed by atoms with Crippen LogP contribution in [0.2, 0.25) is 0 Å². The zero-order valence-electron chi connectivity index (χ0n) is 9.71. The van der Waals surface area contributed by atoms with Crippen LogP contribution in [-0.2, 0) is 6.42 Å². The van der Waals surface area contributed by atoms with Crippen LogP contribution < -0.4 is 0 Å². The van der Waals surface area contributed by atoms with Gasteiger partial charge in [0.1, 0.15) is 0 Å². The Hall–Kier alpha value is -1.19. The first-order chi connectivity index (χ1) is 8.83. The third-order valence-corrected chi connectivity index (χ3v) is 5.27. The molecule has 0 aliphatic carbocycles. The first-order valence-corrected chi connectivity index (χ1v) is 7.57. The molecule has 0 saturated carbocycles. The molecular weight excluding hydrogens is 306 g/mol. The fourth-order valence-corrected chi connectivity index (χ4v) is 3.81. The summed E-state index contributed by atoms with van der Waals surface area (Å²) in [7, 11) is 0. The molecule has 0 aliphatic rings. The van der Waals surface area contributed by atoms with Crippen molar-refractivity contribution in [3.63, 3.8) is 0 Å². The highest BCUT2D eigenvalue weighted by atomic mass is 79.9. The molecule has 0 N–H and O–H groups in total. The summed E-state index contributed by atoms with van der Waals surface area (Å²) in [5, 5.41) is 1.33. The summed E-state index contributed by atoms with van der Waals surface area (Å²) in [4.78, 5) is 5.80. The number of thiophene rings is 1. The van der Waals surface area contributed by atoms with Crippen molar-refractivity contribution in [2.45, 2.75) is 11.2 Å². The molecule has 0 amide bonds. The lowest BCUT2D eigenvalue weighted by Crippen LogP contribution is -1.92. The van der Waals surface area contributed by atoms with E-state index in [1.54, 1.807) is 0 Å². The van der Waals surface area contributed by atoms with Gasteiger partial charge < -0.3 is 0 Å². The highest BCUT2D eigenvalue weighted by Crippen LogP contribution is 2.35. The molecule has 3 aromatic rings. The SMILES string of the molecule is BrC(Cc1ccncc1)c1cc2ccccc2s1. The van der Waals surface area contributed by atoms with Crippen molar-refractivity contribution >= 4 is 37.4 Å². The largest absolute Gasteiger partial charge is 0.265 e. The number of hydrogen-bond donors (Lipinski definition) is 0. The lowest BCUT2D eigenvalue weighted by atomic mass is 10.1. The minimum Gasteiger partial charge on any atom is -0.265 e. The summed E-state index contributed by atoms with van der Waals surface area (Å²) in [5.41, 5.74) is 1.31. The highest BCUT2D eigenvalue weighted by Gasteiger charge is 2.11.